The predicted octanol–water partition coefficient (Wildman–Crippen LogP) is 1.34. The molecule has 0 aromatic carbocycles. The van der Waals surface area contributed by atoms with Crippen molar-refractivity contribution in [3.05, 3.63) is 0 Å². The molecule has 0 bridgehead atoms. The fourth-order valence-corrected chi connectivity index (χ4v) is 2.66. The predicted molar refractivity (Wildman–Crippen MR) is 89.7 cm³/mol. The number of ether oxygens (including phenoxy) is 2. The van der Waals surface area contributed by atoms with Crippen LogP contribution in [0.15, 0.2) is 4.99 Å². The van der Waals surface area contributed by atoms with E-state index in [1.807, 2.05) is 20.8 Å². The minimum absolute atomic E-state index is 0.219. The van der Waals surface area contributed by atoms with Crippen LogP contribution in [-0.2, 0) is 9.47 Å². The van der Waals surface area contributed by atoms with E-state index in [-0.39, 0.29) is 12.1 Å². The van der Waals surface area contributed by atoms with Crippen LogP contribution in [0.25, 0.3) is 0 Å². The van der Waals surface area contributed by atoms with Gasteiger partial charge in [-0.15, -0.1) is 0 Å². The van der Waals surface area contributed by atoms with Crippen LogP contribution in [-0.4, -0.2) is 68.0 Å². The number of nitrogens with one attached hydrogen (secondary N) is 2. The Morgan fingerprint density at radius 1 is 1.39 bits per heavy atom. The van der Waals surface area contributed by atoms with Crippen LogP contribution >= 0.6 is 0 Å². The quantitative estimate of drug-likeness (QED) is 0.602. The highest BCUT2D eigenvalue weighted by Crippen LogP contribution is 2.15. The van der Waals surface area contributed by atoms with Crippen molar-refractivity contribution in [3.8, 4) is 0 Å². The van der Waals surface area contributed by atoms with Gasteiger partial charge in [-0.25, -0.2) is 4.79 Å². The normalized spacial score (nSPS) is 22.7. The number of carbonyl (C=O) groups excluding carboxylic acids is 1. The largest absolute Gasteiger partial charge is 0.444 e. The Morgan fingerprint density at radius 2 is 2.13 bits per heavy atom. The Morgan fingerprint density at radius 3 is 2.70 bits per heavy atom. The van der Waals surface area contributed by atoms with Gasteiger partial charge >= 0.3 is 6.09 Å². The third-order valence-electron chi connectivity index (χ3n) is 3.88. The molecular formula is C16H30N4O3. The average Bonchev–Trinajstić information content (AvgIpc) is 2.91. The first-order valence-corrected chi connectivity index (χ1v) is 8.44. The second kappa shape index (κ2) is 7.86. The van der Waals surface area contributed by atoms with Crippen LogP contribution in [0.5, 0.6) is 0 Å². The molecule has 0 aliphatic carbocycles. The van der Waals surface area contributed by atoms with E-state index in [2.05, 4.69) is 15.6 Å². The summed E-state index contributed by atoms with van der Waals surface area (Å²) in [5, 5.41) is 6.63. The Labute approximate surface area is 138 Å². The lowest BCUT2D eigenvalue weighted by Crippen LogP contribution is -2.63. The molecule has 0 aromatic rings. The van der Waals surface area contributed by atoms with Gasteiger partial charge in [0, 0.05) is 33.3 Å². The van der Waals surface area contributed by atoms with Gasteiger partial charge in [-0.3, -0.25) is 4.99 Å². The van der Waals surface area contributed by atoms with Gasteiger partial charge < -0.3 is 25.0 Å². The third kappa shape index (κ3) is 5.89. The molecule has 0 saturated carbocycles. The lowest BCUT2D eigenvalue weighted by molar-refractivity contribution is 0.00700. The molecule has 23 heavy (non-hydrogen) atoms. The van der Waals surface area contributed by atoms with Crippen LogP contribution < -0.4 is 10.6 Å². The maximum Gasteiger partial charge on any atom is 0.410 e. The van der Waals surface area contributed by atoms with E-state index in [4.69, 9.17) is 9.47 Å². The molecule has 0 aromatic heterocycles. The summed E-state index contributed by atoms with van der Waals surface area (Å²) in [6, 6.07) is 0.219. The van der Waals surface area contributed by atoms with E-state index < -0.39 is 5.60 Å². The molecule has 1 atom stereocenters. The van der Waals surface area contributed by atoms with Crippen molar-refractivity contribution in [1.29, 1.82) is 0 Å². The van der Waals surface area contributed by atoms with Crippen molar-refractivity contribution in [2.75, 3.05) is 33.3 Å². The monoisotopic (exact) mass is 326 g/mol. The molecule has 2 saturated heterocycles. The first-order chi connectivity index (χ1) is 10.9. The zero-order chi connectivity index (χ0) is 16.9. The van der Waals surface area contributed by atoms with Crippen LogP contribution in [0, 0.1) is 0 Å². The molecule has 7 nitrogen and oxygen atoms in total. The maximum absolute atomic E-state index is 11.9. The Hall–Kier alpha value is -1.50. The molecule has 1 unspecified atom stereocenters. The fraction of sp³-hybridized carbons (Fsp3) is 0.875. The zero-order valence-corrected chi connectivity index (χ0v) is 14.7. The minimum Gasteiger partial charge on any atom is -0.444 e. The molecule has 7 heteroatoms. The van der Waals surface area contributed by atoms with Gasteiger partial charge in [0.15, 0.2) is 5.96 Å². The second-order valence-electron chi connectivity index (χ2n) is 7.15. The zero-order valence-electron chi connectivity index (χ0n) is 14.7. The average molecular weight is 326 g/mol. The van der Waals surface area contributed by atoms with Crippen molar-refractivity contribution in [2.24, 2.45) is 4.99 Å². The van der Waals surface area contributed by atoms with E-state index in [1.54, 1.807) is 11.9 Å². The summed E-state index contributed by atoms with van der Waals surface area (Å²) in [5.41, 5.74) is -0.449. The summed E-state index contributed by atoms with van der Waals surface area (Å²) in [6.45, 7) is 8.64. The van der Waals surface area contributed by atoms with Crippen molar-refractivity contribution < 1.29 is 14.3 Å². The van der Waals surface area contributed by atoms with E-state index in [9.17, 15) is 4.79 Å². The van der Waals surface area contributed by atoms with Crippen LogP contribution in [0.4, 0.5) is 4.79 Å². The second-order valence-corrected chi connectivity index (χ2v) is 7.15. The maximum atomic E-state index is 11.9. The van der Waals surface area contributed by atoms with Crippen molar-refractivity contribution in [3.63, 3.8) is 0 Å². The van der Waals surface area contributed by atoms with Gasteiger partial charge in [0.05, 0.1) is 12.1 Å². The highest BCUT2D eigenvalue weighted by molar-refractivity contribution is 5.80. The molecule has 132 valence electrons. The number of guanidine groups is 1. The molecule has 2 heterocycles. The van der Waals surface area contributed by atoms with E-state index in [1.165, 1.54) is 6.42 Å². The van der Waals surface area contributed by atoms with E-state index in [0.29, 0.717) is 19.2 Å². The topological polar surface area (TPSA) is 75.2 Å². The number of hydrogen-bond acceptors (Lipinski definition) is 4. The highest BCUT2D eigenvalue weighted by Gasteiger charge is 2.34. The number of amides is 1. The van der Waals surface area contributed by atoms with Gasteiger partial charge in [-0.05, 0) is 40.0 Å². The molecule has 2 aliphatic heterocycles. The Balaban J connectivity index is 1.62. The summed E-state index contributed by atoms with van der Waals surface area (Å²) in [5.74, 6) is 0.775. The summed E-state index contributed by atoms with van der Waals surface area (Å²) < 4.78 is 10.9. The molecule has 2 fully saturated rings. The van der Waals surface area contributed by atoms with Crippen LogP contribution in [0.3, 0.4) is 0 Å². The molecule has 2 N–H and O–H groups in total. The summed E-state index contributed by atoms with van der Waals surface area (Å²) in [6.07, 6.45) is 3.44. The molecule has 1 amide bonds. The smallest absolute Gasteiger partial charge is 0.410 e. The van der Waals surface area contributed by atoms with Crippen molar-refractivity contribution in [1.82, 2.24) is 15.5 Å². The van der Waals surface area contributed by atoms with Gasteiger partial charge in [0.1, 0.15) is 5.60 Å². The van der Waals surface area contributed by atoms with Crippen LogP contribution in [0.2, 0.25) is 0 Å². The molecule has 2 aliphatic rings. The number of rotatable bonds is 4. The van der Waals surface area contributed by atoms with E-state index >= 15 is 0 Å². The lowest BCUT2D eigenvalue weighted by Gasteiger charge is -2.40. The first-order valence-electron chi connectivity index (χ1n) is 8.44. The number of hydrogen-bond donors (Lipinski definition) is 2. The fourth-order valence-electron chi connectivity index (χ4n) is 2.66. The third-order valence-corrected chi connectivity index (χ3v) is 3.88. The van der Waals surface area contributed by atoms with Crippen LogP contribution in [0.1, 0.15) is 40.0 Å². The van der Waals surface area contributed by atoms with Crippen molar-refractivity contribution >= 4 is 12.1 Å². The van der Waals surface area contributed by atoms with Gasteiger partial charge in [-0.1, -0.05) is 0 Å². The summed E-state index contributed by atoms with van der Waals surface area (Å²) in [7, 11) is 1.76. The van der Waals surface area contributed by atoms with Gasteiger partial charge in [0.25, 0.3) is 0 Å². The lowest BCUT2D eigenvalue weighted by atomic mass is 10.1. The number of carbonyl (C=O) groups is 1. The minimum atomic E-state index is -0.449. The van der Waals surface area contributed by atoms with Crippen molar-refractivity contribution in [2.45, 2.75) is 57.8 Å². The summed E-state index contributed by atoms with van der Waals surface area (Å²) >= 11 is 0. The summed E-state index contributed by atoms with van der Waals surface area (Å²) in [4.78, 5) is 17.8. The highest BCUT2D eigenvalue weighted by atomic mass is 16.6. The van der Waals surface area contributed by atoms with Gasteiger partial charge in [0.2, 0.25) is 0 Å². The molecule has 0 radical (unpaired) electrons. The standard InChI is InChI=1S/C16H30N4O3/c1-16(2,3)23-15(21)20-10-12(11-20)19-14(17-4)18-8-7-13-6-5-9-22-13/h12-13H,5-11H2,1-4H3,(H2,17,18,19). The van der Waals surface area contributed by atoms with Gasteiger partial charge in [-0.2, -0.15) is 0 Å². The number of nitrogens with zero attached hydrogens (tertiary/aromatic N) is 2. The molecule has 2 rings (SSSR count). The number of aliphatic imine (C=N–C) groups is 1. The SMILES string of the molecule is CN=C(NCCC1CCCO1)NC1CN(C(=O)OC(C)(C)C)C1. The first kappa shape index (κ1) is 17.8. The Bertz CT molecular complexity index is 422. The number of likely N-dealkylation sites (tertiary alicyclic amines) is 1. The Kier molecular flexibility index (Phi) is 6.10. The molecule has 0 spiro atoms. The van der Waals surface area contributed by atoms with E-state index in [0.717, 1.165) is 32.0 Å². The molecular weight excluding hydrogens is 296 g/mol.